The summed E-state index contributed by atoms with van der Waals surface area (Å²) in [5.74, 6) is 0.846. The maximum atomic E-state index is 13.7. The van der Waals surface area contributed by atoms with Crippen LogP contribution in [0.1, 0.15) is 37.7 Å². The standard InChI is InChI=1S/C25H29N3O3/c1-17(2)13-14-26-24(30)25(3)16-27-21-8-6-5-7-18(21)15-22(27)23(29)28(25)19-9-11-20(31-4)12-10-19/h5-12,15,17H,13-14,16H2,1-4H3,(H,26,30)/t25-/m1/s1. The molecule has 0 saturated carbocycles. The van der Waals surface area contributed by atoms with Crippen LogP contribution in [0.25, 0.3) is 10.9 Å². The van der Waals surface area contributed by atoms with Crippen molar-refractivity contribution in [2.24, 2.45) is 5.92 Å². The lowest BCUT2D eigenvalue weighted by Gasteiger charge is -2.44. The van der Waals surface area contributed by atoms with E-state index in [1.54, 1.807) is 12.0 Å². The van der Waals surface area contributed by atoms with Gasteiger partial charge in [-0.1, -0.05) is 32.0 Å². The molecule has 4 rings (SSSR count). The topological polar surface area (TPSA) is 63.6 Å². The van der Waals surface area contributed by atoms with Crippen molar-refractivity contribution in [3.63, 3.8) is 0 Å². The van der Waals surface area contributed by atoms with Crippen molar-refractivity contribution in [1.82, 2.24) is 9.88 Å². The molecule has 1 aliphatic heterocycles. The highest BCUT2D eigenvalue weighted by Gasteiger charge is 2.48. The van der Waals surface area contributed by atoms with Gasteiger partial charge in [0.2, 0.25) is 5.91 Å². The van der Waals surface area contributed by atoms with Crippen molar-refractivity contribution < 1.29 is 14.3 Å². The molecule has 0 radical (unpaired) electrons. The largest absolute Gasteiger partial charge is 0.497 e. The Balaban J connectivity index is 1.80. The van der Waals surface area contributed by atoms with E-state index in [0.29, 0.717) is 36.1 Å². The van der Waals surface area contributed by atoms with Crippen molar-refractivity contribution in [1.29, 1.82) is 0 Å². The molecule has 1 aromatic heterocycles. The molecule has 2 heterocycles. The van der Waals surface area contributed by atoms with E-state index in [0.717, 1.165) is 17.3 Å². The van der Waals surface area contributed by atoms with Crippen LogP contribution < -0.4 is 15.0 Å². The molecule has 31 heavy (non-hydrogen) atoms. The van der Waals surface area contributed by atoms with E-state index in [9.17, 15) is 9.59 Å². The third-order valence-electron chi connectivity index (χ3n) is 6.02. The van der Waals surface area contributed by atoms with Crippen LogP contribution >= 0.6 is 0 Å². The van der Waals surface area contributed by atoms with Crippen LogP contribution in [0.3, 0.4) is 0 Å². The van der Waals surface area contributed by atoms with Gasteiger partial charge in [0, 0.05) is 23.1 Å². The molecule has 1 atom stereocenters. The van der Waals surface area contributed by atoms with Gasteiger partial charge in [-0.3, -0.25) is 14.5 Å². The first-order chi connectivity index (χ1) is 14.8. The number of benzene rings is 2. The highest BCUT2D eigenvalue weighted by atomic mass is 16.5. The zero-order chi connectivity index (χ0) is 22.2. The van der Waals surface area contributed by atoms with E-state index in [4.69, 9.17) is 4.74 Å². The van der Waals surface area contributed by atoms with Crippen molar-refractivity contribution in [2.45, 2.75) is 39.3 Å². The third-order valence-corrected chi connectivity index (χ3v) is 6.02. The summed E-state index contributed by atoms with van der Waals surface area (Å²) in [5.41, 5.74) is 1.15. The van der Waals surface area contributed by atoms with Crippen LogP contribution in [-0.4, -0.2) is 35.6 Å². The third kappa shape index (κ3) is 3.67. The zero-order valence-corrected chi connectivity index (χ0v) is 18.5. The fourth-order valence-electron chi connectivity index (χ4n) is 4.25. The van der Waals surface area contributed by atoms with E-state index in [1.807, 2.05) is 66.1 Å². The molecule has 0 saturated heterocycles. The Labute approximate surface area is 182 Å². The van der Waals surface area contributed by atoms with Gasteiger partial charge in [0.1, 0.15) is 17.0 Å². The molecular weight excluding hydrogens is 390 g/mol. The Hall–Kier alpha value is -3.28. The summed E-state index contributed by atoms with van der Waals surface area (Å²) in [4.78, 5) is 28.8. The van der Waals surface area contributed by atoms with Gasteiger partial charge in [0.25, 0.3) is 5.91 Å². The molecule has 2 aromatic carbocycles. The molecule has 6 nitrogen and oxygen atoms in total. The zero-order valence-electron chi connectivity index (χ0n) is 18.5. The van der Waals surface area contributed by atoms with E-state index >= 15 is 0 Å². The number of aromatic nitrogens is 1. The number of nitrogens with zero attached hydrogens (tertiary/aromatic N) is 2. The van der Waals surface area contributed by atoms with E-state index in [1.165, 1.54) is 0 Å². The normalized spacial score (nSPS) is 18.4. The predicted molar refractivity (Wildman–Crippen MR) is 123 cm³/mol. The molecule has 0 bridgehead atoms. The monoisotopic (exact) mass is 419 g/mol. The number of methoxy groups -OCH3 is 1. The first-order valence-electron chi connectivity index (χ1n) is 10.7. The summed E-state index contributed by atoms with van der Waals surface area (Å²) in [6.07, 6.45) is 0.885. The Morgan fingerprint density at radius 1 is 1.16 bits per heavy atom. The number of carbonyl (C=O) groups excluding carboxylic acids is 2. The number of nitrogens with one attached hydrogen (secondary N) is 1. The summed E-state index contributed by atoms with van der Waals surface area (Å²) in [5, 5.41) is 4.06. The molecule has 162 valence electrons. The summed E-state index contributed by atoms with van der Waals surface area (Å²) in [6, 6.07) is 17.1. The lowest BCUT2D eigenvalue weighted by molar-refractivity contribution is -0.126. The molecule has 1 N–H and O–H groups in total. The van der Waals surface area contributed by atoms with Crippen molar-refractivity contribution in [3.05, 3.63) is 60.3 Å². The average molecular weight is 420 g/mol. The first kappa shape index (κ1) is 21.0. The SMILES string of the molecule is COc1ccc(N2C(=O)c3cc4ccccc4n3C[C@]2(C)C(=O)NCCC(C)C)cc1. The highest BCUT2D eigenvalue weighted by Crippen LogP contribution is 2.36. The van der Waals surface area contributed by atoms with Crippen LogP contribution in [0.5, 0.6) is 5.75 Å². The Morgan fingerprint density at radius 2 is 1.87 bits per heavy atom. The fraction of sp³-hybridized carbons (Fsp3) is 0.360. The van der Waals surface area contributed by atoms with Crippen molar-refractivity contribution in [2.75, 3.05) is 18.6 Å². The highest BCUT2D eigenvalue weighted by molar-refractivity contribution is 6.14. The number of ether oxygens (including phenoxy) is 1. The molecule has 1 aliphatic rings. The van der Waals surface area contributed by atoms with Crippen molar-refractivity contribution >= 4 is 28.4 Å². The van der Waals surface area contributed by atoms with E-state index in [2.05, 4.69) is 19.2 Å². The summed E-state index contributed by atoms with van der Waals surface area (Å²) in [7, 11) is 1.60. The minimum absolute atomic E-state index is 0.152. The maximum Gasteiger partial charge on any atom is 0.275 e. The number of rotatable bonds is 6. The number of anilines is 1. The van der Waals surface area contributed by atoms with Gasteiger partial charge in [0.15, 0.2) is 0 Å². The minimum atomic E-state index is -1.07. The second-order valence-electron chi connectivity index (χ2n) is 8.73. The smallest absolute Gasteiger partial charge is 0.275 e. The van der Waals surface area contributed by atoms with Gasteiger partial charge < -0.3 is 14.6 Å². The first-order valence-corrected chi connectivity index (χ1v) is 10.7. The molecule has 0 unspecified atom stereocenters. The number of para-hydroxylation sites is 1. The van der Waals surface area contributed by atoms with E-state index < -0.39 is 5.54 Å². The molecule has 0 spiro atoms. The lowest BCUT2D eigenvalue weighted by atomic mass is 9.93. The number of fused-ring (bicyclic) bond motifs is 3. The maximum absolute atomic E-state index is 13.7. The predicted octanol–water partition coefficient (Wildman–Crippen LogP) is 4.23. The van der Waals surface area contributed by atoms with Crippen LogP contribution in [0.15, 0.2) is 54.6 Å². The Kier molecular flexibility index (Phi) is 5.48. The van der Waals surface area contributed by atoms with Gasteiger partial charge in [-0.15, -0.1) is 0 Å². The second kappa shape index (κ2) is 8.10. The molecular formula is C25H29N3O3. The average Bonchev–Trinajstić information content (AvgIpc) is 3.12. The van der Waals surface area contributed by atoms with Crippen molar-refractivity contribution in [3.8, 4) is 5.75 Å². The fourth-order valence-corrected chi connectivity index (χ4v) is 4.25. The summed E-state index contributed by atoms with van der Waals surface area (Å²) < 4.78 is 7.24. The lowest BCUT2D eigenvalue weighted by Crippen LogP contribution is -2.64. The number of hydrogen-bond acceptors (Lipinski definition) is 3. The quantitative estimate of drug-likeness (QED) is 0.650. The van der Waals surface area contributed by atoms with Gasteiger partial charge >= 0.3 is 0 Å². The van der Waals surface area contributed by atoms with Gasteiger partial charge in [-0.05, 0) is 55.7 Å². The molecule has 0 fully saturated rings. The van der Waals surface area contributed by atoms with Crippen LogP contribution in [-0.2, 0) is 11.3 Å². The number of hydrogen-bond donors (Lipinski definition) is 1. The Morgan fingerprint density at radius 3 is 2.55 bits per heavy atom. The van der Waals surface area contributed by atoms with Crippen LogP contribution in [0.4, 0.5) is 5.69 Å². The molecule has 6 heteroatoms. The van der Waals surface area contributed by atoms with Gasteiger partial charge in [0.05, 0.1) is 13.7 Å². The molecule has 2 amide bonds. The summed E-state index contributed by atoms with van der Waals surface area (Å²) in [6.45, 7) is 7.05. The minimum Gasteiger partial charge on any atom is -0.497 e. The van der Waals surface area contributed by atoms with Gasteiger partial charge in [-0.25, -0.2) is 0 Å². The number of amides is 2. The van der Waals surface area contributed by atoms with Crippen LogP contribution in [0.2, 0.25) is 0 Å². The molecule has 3 aromatic rings. The van der Waals surface area contributed by atoms with Gasteiger partial charge in [-0.2, -0.15) is 0 Å². The summed E-state index contributed by atoms with van der Waals surface area (Å²) >= 11 is 0. The van der Waals surface area contributed by atoms with E-state index in [-0.39, 0.29) is 11.8 Å². The number of carbonyl (C=O) groups is 2. The Bertz CT molecular complexity index is 1120. The van der Waals surface area contributed by atoms with Crippen LogP contribution in [0, 0.1) is 5.92 Å². The molecule has 0 aliphatic carbocycles. The second-order valence-corrected chi connectivity index (χ2v) is 8.73.